The Morgan fingerprint density at radius 1 is 1.00 bits per heavy atom. The Hall–Kier alpha value is -3.86. The molecule has 8 heteroatoms. The largest absolute Gasteiger partial charge is 0.445 e. The van der Waals surface area contributed by atoms with Crippen molar-refractivity contribution in [3.63, 3.8) is 0 Å². The van der Waals surface area contributed by atoms with Gasteiger partial charge < -0.3 is 21.1 Å². The molecule has 0 fully saturated rings. The normalized spacial score (nSPS) is 11.1. The SMILES string of the molecule is N#Cc1ccccc1C[C@@H](NC(=O)CCCCCNC(=O)OCc1ccccc1)C(N)=O. The summed E-state index contributed by atoms with van der Waals surface area (Å²) in [6, 6.07) is 17.5. The van der Waals surface area contributed by atoms with Crippen molar-refractivity contribution < 1.29 is 19.1 Å². The lowest BCUT2D eigenvalue weighted by Crippen LogP contribution is -2.45. The first-order valence-corrected chi connectivity index (χ1v) is 10.5. The highest BCUT2D eigenvalue weighted by molar-refractivity contribution is 5.86. The molecule has 1 atom stereocenters. The summed E-state index contributed by atoms with van der Waals surface area (Å²) in [5.74, 6) is -0.928. The molecule has 0 spiro atoms. The van der Waals surface area contributed by atoms with Crippen molar-refractivity contribution in [1.82, 2.24) is 10.6 Å². The van der Waals surface area contributed by atoms with Crippen LogP contribution in [0.2, 0.25) is 0 Å². The van der Waals surface area contributed by atoms with Crippen LogP contribution in [0, 0.1) is 11.3 Å². The highest BCUT2D eigenvalue weighted by Crippen LogP contribution is 2.10. The Bertz CT molecular complexity index is 941. The van der Waals surface area contributed by atoms with E-state index in [9.17, 15) is 14.4 Å². The van der Waals surface area contributed by atoms with Gasteiger partial charge in [0.05, 0.1) is 11.6 Å². The third kappa shape index (κ3) is 8.88. The van der Waals surface area contributed by atoms with E-state index >= 15 is 0 Å². The molecule has 0 saturated heterocycles. The molecule has 0 heterocycles. The minimum absolute atomic E-state index is 0.166. The Labute approximate surface area is 187 Å². The van der Waals surface area contributed by atoms with Crippen LogP contribution in [0.4, 0.5) is 4.79 Å². The van der Waals surface area contributed by atoms with Crippen LogP contribution in [-0.2, 0) is 27.4 Å². The van der Waals surface area contributed by atoms with Crippen molar-refractivity contribution in [2.45, 2.75) is 44.8 Å². The lowest BCUT2D eigenvalue weighted by atomic mass is 10.0. The number of ether oxygens (including phenoxy) is 1. The Morgan fingerprint density at radius 3 is 2.44 bits per heavy atom. The van der Waals surface area contributed by atoms with Crippen LogP contribution in [0.1, 0.15) is 42.4 Å². The molecule has 2 aromatic rings. The Balaban J connectivity index is 1.62. The molecule has 2 rings (SSSR count). The van der Waals surface area contributed by atoms with E-state index in [1.54, 1.807) is 24.3 Å². The van der Waals surface area contributed by atoms with Crippen molar-refractivity contribution >= 4 is 17.9 Å². The number of hydrogen-bond donors (Lipinski definition) is 3. The van der Waals surface area contributed by atoms with Gasteiger partial charge in [0.25, 0.3) is 0 Å². The topological polar surface area (TPSA) is 134 Å². The second-order valence-electron chi connectivity index (χ2n) is 7.29. The number of primary amides is 1. The van der Waals surface area contributed by atoms with E-state index in [0.717, 1.165) is 12.0 Å². The van der Waals surface area contributed by atoms with E-state index in [1.807, 2.05) is 30.3 Å². The molecule has 2 aromatic carbocycles. The standard InChI is InChI=1S/C24H28N4O4/c25-16-20-12-7-6-11-19(20)15-21(23(26)30)28-22(29)13-5-2-8-14-27-24(31)32-17-18-9-3-1-4-10-18/h1,3-4,6-7,9-12,21H,2,5,8,13-15,17H2,(H2,26,30)(H,27,31)(H,28,29)/t21-/m1/s1. The van der Waals surface area contributed by atoms with Gasteiger partial charge >= 0.3 is 6.09 Å². The Morgan fingerprint density at radius 2 is 1.72 bits per heavy atom. The quantitative estimate of drug-likeness (QED) is 0.440. The number of carbonyl (C=O) groups excluding carboxylic acids is 3. The van der Waals surface area contributed by atoms with Crippen molar-refractivity contribution in [3.8, 4) is 6.07 Å². The van der Waals surface area contributed by atoms with Gasteiger partial charge in [0.15, 0.2) is 0 Å². The van der Waals surface area contributed by atoms with Gasteiger partial charge in [-0.05, 0) is 30.0 Å². The molecule has 0 aromatic heterocycles. The van der Waals surface area contributed by atoms with Crippen molar-refractivity contribution in [2.24, 2.45) is 5.73 Å². The van der Waals surface area contributed by atoms with Gasteiger partial charge in [-0.1, -0.05) is 55.0 Å². The van der Waals surface area contributed by atoms with Gasteiger partial charge in [-0.3, -0.25) is 9.59 Å². The monoisotopic (exact) mass is 436 g/mol. The van der Waals surface area contributed by atoms with Crippen molar-refractivity contribution in [1.29, 1.82) is 5.26 Å². The van der Waals surface area contributed by atoms with E-state index in [-0.39, 0.29) is 25.4 Å². The second kappa shape index (κ2) is 13.4. The van der Waals surface area contributed by atoms with Crippen LogP contribution in [0.25, 0.3) is 0 Å². The first kappa shape index (κ1) is 24.4. The number of hydrogen-bond acceptors (Lipinski definition) is 5. The van der Waals surface area contributed by atoms with Gasteiger partial charge in [0, 0.05) is 19.4 Å². The molecular formula is C24H28N4O4. The number of rotatable bonds is 12. The summed E-state index contributed by atoms with van der Waals surface area (Å²) in [5.41, 5.74) is 7.44. The number of nitrogens with one attached hydrogen (secondary N) is 2. The highest BCUT2D eigenvalue weighted by atomic mass is 16.5. The zero-order valence-electron chi connectivity index (χ0n) is 17.9. The number of nitrogens with zero attached hydrogens (tertiary/aromatic N) is 1. The van der Waals surface area contributed by atoms with Gasteiger partial charge in [0.1, 0.15) is 12.6 Å². The molecule has 0 radical (unpaired) electrons. The molecule has 3 amide bonds. The minimum Gasteiger partial charge on any atom is -0.445 e. The third-order valence-corrected chi connectivity index (χ3v) is 4.80. The zero-order chi connectivity index (χ0) is 23.2. The minimum atomic E-state index is -0.877. The average Bonchev–Trinajstić information content (AvgIpc) is 2.80. The molecule has 0 aliphatic heterocycles. The van der Waals surface area contributed by atoms with E-state index in [0.29, 0.717) is 30.5 Å². The maximum atomic E-state index is 12.2. The number of alkyl carbamates (subject to hydrolysis) is 1. The van der Waals surface area contributed by atoms with Crippen LogP contribution in [0.5, 0.6) is 0 Å². The maximum absolute atomic E-state index is 12.2. The maximum Gasteiger partial charge on any atom is 0.407 e. The number of carbonyl (C=O) groups is 3. The number of amides is 3. The number of nitriles is 1. The molecule has 0 unspecified atom stereocenters. The summed E-state index contributed by atoms with van der Waals surface area (Å²) < 4.78 is 5.13. The molecule has 0 aliphatic rings. The lowest BCUT2D eigenvalue weighted by Gasteiger charge is -2.16. The van der Waals surface area contributed by atoms with Crippen LogP contribution < -0.4 is 16.4 Å². The summed E-state index contributed by atoms with van der Waals surface area (Å²) in [5, 5.41) is 14.5. The zero-order valence-corrected chi connectivity index (χ0v) is 17.9. The number of nitrogens with two attached hydrogens (primary N) is 1. The van der Waals surface area contributed by atoms with Gasteiger partial charge in [-0.2, -0.15) is 5.26 Å². The molecule has 8 nitrogen and oxygen atoms in total. The third-order valence-electron chi connectivity index (χ3n) is 4.80. The second-order valence-corrected chi connectivity index (χ2v) is 7.29. The molecule has 32 heavy (non-hydrogen) atoms. The summed E-state index contributed by atoms with van der Waals surface area (Å²) in [4.78, 5) is 35.6. The van der Waals surface area contributed by atoms with E-state index in [4.69, 9.17) is 15.7 Å². The summed E-state index contributed by atoms with van der Waals surface area (Å²) in [6.45, 7) is 0.664. The van der Waals surface area contributed by atoms with Crippen LogP contribution in [0.15, 0.2) is 54.6 Å². The number of benzene rings is 2. The lowest BCUT2D eigenvalue weighted by molar-refractivity contribution is -0.127. The van der Waals surface area contributed by atoms with Crippen LogP contribution in [-0.4, -0.2) is 30.5 Å². The number of unbranched alkanes of at least 4 members (excludes halogenated alkanes) is 2. The Kier molecular flexibility index (Phi) is 10.3. The van der Waals surface area contributed by atoms with Gasteiger partial charge in [0.2, 0.25) is 11.8 Å². The van der Waals surface area contributed by atoms with E-state index in [1.165, 1.54) is 0 Å². The van der Waals surface area contributed by atoms with Gasteiger partial charge in [-0.15, -0.1) is 0 Å². The molecule has 168 valence electrons. The predicted molar refractivity (Wildman–Crippen MR) is 119 cm³/mol. The fourth-order valence-electron chi connectivity index (χ4n) is 3.07. The van der Waals surface area contributed by atoms with Crippen molar-refractivity contribution in [3.05, 3.63) is 71.3 Å². The molecule has 0 aliphatic carbocycles. The molecular weight excluding hydrogens is 408 g/mol. The van der Waals surface area contributed by atoms with E-state index < -0.39 is 18.0 Å². The van der Waals surface area contributed by atoms with E-state index in [2.05, 4.69) is 16.7 Å². The molecule has 4 N–H and O–H groups in total. The molecule has 0 saturated carbocycles. The first-order valence-electron chi connectivity index (χ1n) is 10.5. The predicted octanol–water partition coefficient (Wildman–Crippen LogP) is 2.56. The van der Waals surface area contributed by atoms with Crippen LogP contribution in [0.3, 0.4) is 0 Å². The fourth-order valence-corrected chi connectivity index (χ4v) is 3.07. The summed E-state index contributed by atoms with van der Waals surface area (Å²) in [7, 11) is 0. The molecule has 0 bridgehead atoms. The smallest absolute Gasteiger partial charge is 0.407 e. The highest BCUT2D eigenvalue weighted by Gasteiger charge is 2.19. The fraction of sp³-hybridized carbons (Fsp3) is 0.333. The van der Waals surface area contributed by atoms with Crippen molar-refractivity contribution in [2.75, 3.05) is 6.54 Å². The summed E-state index contributed by atoms with van der Waals surface area (Å²) in [6.07, 6.45) is 1.95. The average molecular weight is 437 g/mol. The van der Waals surface area contributed by atoms with Gasteiger partial charge in [-0.25, -0.2) is 4.79 Å². The van der Waals surface area contributed by atoms with Crippen LogP contribution >= 0.6 is 0 Å². The summed E-state index contributed by atoms with van der Waals surface area (Å²) >= 11 is 0. The first-order chi connectivity index (χ1) is 15.5.